The van der Waals surface area contributed by atoms with Crippen molar-refractivity contribution in [2.75, 3.05) is 26.3 Å². The number of benzene rings is 3. The summed E-state index contributed by atoms with van der Waals surface area (Å²) in [5.41, 5.74) is 5.22. The molecule has 0 heterocycles. The van der Waals surface area contributed by atoms with Crippen LogP contribution in [0.15, 0.2) is 66.7 Å². The van der Waals surface area contributed by atoms with Gasteiger partial charge in [-0.2, -0.15) is 0 Å². The minimum Gasteiger partial charge on any atom is -0.508 e. The number of unbranched alkanes of at least 4 members (excludes halogenated alkanes) is 4. The summed E-state index contributed by atoms with van der Waals surface area (Å²) in [6.45, 7) is 2.54. The van der Waals surface area contributed by atoms with Crippen molar-refractivity contribution in [2.45, 2.75) is 64.1 Å². The van der Waals surface area contributed by atoms with Gasteiger partial charge in [0.2, 0.25) is 0 Å². The van der Waals surface area contributed by atoms with Gasteiger partial charge in [-0.3, -0.25) is 4.79 Å². The number of nitrogens with one attached hydrogen (secondary N) is 1. The average Bonchev–Trinajstić information content (AvgIpc) is 2.95. The maximum Gasteiger partial charge on any atom is 0.307 e. The van der Waals surface area contributed by atoms with E-state index in [-0.39, 0.29) is 18.8 Å². The van der Waals surface area contributed by atoms with Gasteiger partial charge in [-0.15, -0.1) is 0 Å². The fraction of sp³-hybridized carbons (Fsp3) is 0.424. The lowest BCUT2D eigenvalue weighted by molar-refractivity contribution is -0.136. The number of aliphatic hydroxyl groups is 2. The number of carboxylic acids is 1. The Balaban J connectivity index is 1.21. The van der Waals surface area contributed by atoms with Gasteiger partial charge in [0.05, 0.1) is 19.1 Å². The molecule has 0 unspecified atom stereocenters. The molecule has 0 spiro atoms. The molecular formula is C33H43NO6. The van der Waals surface area contributed by atoms with Crippen molar-refractivity contribution < 1.29 is 30.0 Å². The standard InChI is InChI=1S/C33H43NO6/c35-24-29-21-28(15-16-31(29)36)32(37)23-34-17-6-1-2-7-18-40-19-8-5-10-25-11-9-13-26(20-25)30-14-4-3-12-27(30)22-33(38)39/h3-4,9,11-16,20-21,32,34-37H,1-2,5-8,10,17-19,22-24H2,(H,38,39)/t32-/m0/s1. The van der Waals surface area contributed by atoms with Crippen LogP contribution in [0.25, 0.3) is 11.1 Å². The highest BCUT2D eigenvalue weighted by atomic mass is 16.5. The van der Waals surface area contributed by atoms with E-state index in [0.29, 0.717) is 17.7 Å². The molecular weight excluding hydrogens is 506 g/mol. The van der Waals surface area contributed by atoms with E-state index in [4.69, 9.17) is 4.74 Å². The van der Waals surface area contributed by atoms with E-state index in [1.54, 1.807) is 12.1 Å². The quantitative estimate of drug-likeness (QED) is 0.127. The lowest BCUT2D eigenvalue weighted by Gasteiger charge is -2.14. The highest BCUT2D eigenvalue weighted by Crippen LogP contribution is 2.26. The Morgan fingerprint density at radius 3 is 2.42 bits per heavy atom. The van der Waals surface area contributed by atoms with Gasteiger partial charge in [0.25, 0.3) is 0 Å². The van der Waals surface area contributed by atoms with Crippen LogP contribution < -0.4 is 5.32 Å². The van der Waals surface area contributed by atoms with Crippen LogP contribution in [0, 0.1) is 0 Å². The molecule has 3 aromatic rings. The van der Waals surface area contributed by atoms with Crippen LogP contribution in [0.2, 0.25) is 0 Å². The largest absolute Gasteiger partial charge is 0.508 e. The number of hydrogen-bond donors (Lipinski definition) is 5. The van der Waals surface area contributed by atoms with Gasteiger partial charge in [0.15, 0.2) is 0 Å². The molecule has 0 aliphatic carbocycles. The summed E-state index contributed by atoms with van der Waals surface area (Å²) in [5.74, 6) is -0.783. The van der Waals surface area contributed by atoms with Gasteiger partial charge in [0, 0.05) is 25.3 Å². The highest BCUT2D eigenvalue weighted by Gasteiger charge is 2.10. The Morgan fingerprint density at radius 1 is 0.850 bits per heavy atom. The molecule has 0 radical (unpaired) electrons. The Labute approximate surface area is 237 Å². The fourth-order valence-corrected chi connectivity index (χ4v) is 4.75. The van der Waals surface area contributed by atoms with Gasteiger partial charge in [0.1, 0.15) is 5.75 Å². The van der Waals surface area contributed by atoms with Gasteiger partial charge in [-0.05, 0) is 78.6 Å². The van der Waals surface area contributed by atoms with Gasteiger partial charge in [-0.1, -0.05) is 67.4 Å². The molecule has 0 aliphatic rings. The first-order valence-corrected chi connectivity index (χ1v) is 14.3. The van der Waals surface area contributed by atoms with E-state index in [1.165, 1.54) is 11.6 Å². The Morgan fingerprint density at radius 2 is 1.62 bits per heavy atom. The number of hydrogen-bond acceptors (Lipinski definition) is 6. The zero-order chi connectivity index (χ0) is 28.6. The third-order valence-electron chi connectivity index (χ3n) is 6.99. The topological polar surface area (TPSA) is 119 Å². The third-order valence-corrected chi connectivity index (χ3v) is 6.99. The van der Waals surface area contributed by atoms with E-state index < -0.39 is 12.1 Å². The number of aliphatic carboxylic acids is 1. The zero-order valence-electron chi connectivity index (χ0n) is 23.2. The van der Waals surface area contributed by atoms with Crippen molar-refractivity contribution in [3.8, 4) is 16.9 Å². The molecule has 0 saturated carbocycles. The number of phenols is 1. The summed E-state index contributed by atoms with van der Waals surface area (Å²) < 4.78 is 5.81. The first kappa shape index (κ1) is 31.3. The van der Waals surface area contributed by atoms with E-state index >= 15 is 0 Å². The molecule has 0 saturated heterocycles. The zero-order valence-corrected chi connectivity index (χ0v) is 23.2. The second-order valence-corrected chi connectivity index (χ2v) is 10.2. The van der Waals surface area contributed by atoms with Crippen LogP contribution >= 0.6 is 0 Å². The minimum absolute atomic E-state index is 0.0220. The summed E-state index contributed by atoms with van der Waals surface area (Å²) in [5, 5.41) is 41.6. The van der Waals surface area contributed by atoms with Crippen molar-refractivity contribution >= 4 is 5.97 Å². The van der Waals surface area contributed by atoms with Gasteiger partial charge < -0.3 is 30.5 Å². The monoisotopic (exact) mass is 549 g/mol. The van der Waals surface area contributed by atoms with E-state index in [0.717, 1.165) is 81.4 Å². The molecule has 3 aromatic carbocycles. The third kappa shape index (κ3) is 10.7. The molecule has 5 N–H and O–H groups in total. The van der Waals surface area contributed by atoms with Crippen molar-refractivity contribution in [1.29, 1.82) is 0 Å². The van der Waals surface area contributed by atoms with Gasteiger partial charge >= 0.3 is 5.97 Å². The molecule has 1 atom stereocenters. The van der Waals surface area contributed by atoms with Crippen molar-refractivity contribution in [1.82, 2.24) is 5.32 Å². The first-order chi connectivity index (χ1) is 19.5. The molecule has 7 heteroatoms. The van der Waals surface area contributed by atoms with Crippen molar-refractivity contribution in [2.24, 2.45) is 0 Å². The summed E-state index contributed by atoms with van der Waals surface area (Å²) in [6, 6.07) is 20.9. The van der Waals surface area contributed by atoms with Crippen LogP contribution in [-0.4, -0.2) is 52.7 Å². The van der Waals surface area contributed by atoms with Crippen LogP contribution in [0.5, 0.6) is 5.75 Å². The van der Waals surface area contributed by atoms with Crippen molar-refractivity contribution in [3.05, 3.63) is 89.0 Å². The average molecular weight is 550 g/mol. The Bertz CT molecular complexity index is 1180. The molecule has 0 bridgehead atoms. The molecule has 40 heavy (non-hydrogen) atoms. The van der Waals surface area contributed by atoms with E-state index in [9.17, 15) is 25.2 Å². The van der Waals surface area contributed by atoms with Gasteiger partial charge in [-0.25, -0.2) is 0 Å². The normalized spacial score (nSPS) is 11.9. The summed E-state index contributed by atoms with van der Waals surface area (Å²) >= 11 is 0. The predicted octanol–water partition coefficient (Wildman–Crippen LogP) is 5.40. The molecule has 7 nitrogen and oxygen atoms in total. The van der Waals surface area contributed by atoms with Crippen LogP contribution in [0.3, 0.4) is 0 Å². The second kappa shape index (κ2) is 17.5. The smallest absolute Gasteiger partial charge is 0.307 e. The molecule has 0 aromatic heterocycles. The summed E-state index contributed by atoms with van der Waals surface area (Å²) in [6.07, 6.45) is 6.65. The number of ether oxygens (including phenoxy) is 1. The van der Waals surface area contributed by atoms with E-state index in [1.807, 2.05) is 36.4 Å². The fourth-order valence-electron chi connectivity index (χ4n) is 4.75. The number of aryl methyl sites for hydroxylation is 1. The van der Waals surface area contributed by atoms with Crippen LogP contribution in [-0.2, 0) is 29.0 Å². The summed E-state index contributed by atoms with van der Waals surface area (Å²) in [7, 11) is 0. The molecule has 0 amide bonds. The minimum atomic E-state index is -0.821. The molecule has 0 fully saturated rings. The Kier molecular flexibility index (Phi) is 13.7. The number of carbonyl (C=O) groups is 1. The SMILES string of the molecule is O=C(O)Cc1ccccc1-c1cccc(CCCCOCCCCCCNC[C@H](O)c2ccc(O)c(CO)c2)c1. The lowest BCUT2D eigenvalue weighted by Crippen LogP contribution is -2.22. The van der Waals surface area contributed by atoms with Crippen LogP contribution in [0.1, 0.15) is 66.9 Å². The van der Waals surface area contributed by atoms with Crippen LogP contribution in [0.4, 0.5) is 0 Å². The molecule has 216 valence electrons. The second-order valence-electron chi connectivity index (χ2n) is 10.2. The highest BCUT2D eigenvalue weighted by molar-refractivity contribution is 5.76. The number of aliphatic hydroxyl groups excluding tert-OH is 2. The molecule has 0 aliphatic heterocycles. The lowest BCUT2D eigenvalue weighted by atomic mass is 9.95. The maximum atomic E-state index is 11.2. The molecule has 3 rings (SSSR count). The number of carboxylic acid groups (broad SMARTS) is 1. The maximum absolute atomic E-state index is 11.2. The number of aromatic hydroxyl groups is 1. The predicted molar refractivity (Wildman–Crippen MR) is 157 cm³/mol. The first-order valence-electron chi connectivity index (χ1n) is 14.3. The van der Waals surface area contributed by atoms with Crippen molar-refractivity contribution in [3.63, 3.8) is 0 Å². The Hall–Kier alpha value is -3.23. The summed E-state index contributed by atoms with van der Waals surface area (Å²) in [4.78, 5) is 11.2. The number of rotatable bonds is 19. The van der Waals surface area contributed by atoms with E-state index in [2.05, 4.69) is 17.4 Å².